The summed E-state index contributed by atoms with van der Waals surface area (Å²) in [5.74, 6) is -6.16. The smallest absolute Gasteiger partial charge is 0.550 e. The summed E-state index contributed by atoms with van der Waals surface area (Å²) in [6.45, 7) is 0. The van der Waals surface area contributed by atoms with Crippen molar-refractivity contribution in [3.63, 3.8) is 0 Å². The Morgan fingerprint density at radius 3 is 0.950 bits per heavy atom. The minimum absolute atomic E-state index is 0. The third-order valence-corrected chi connectivity index (χ3v) is 1.38. The van der Waals surface area contributed by atoms with E-state index in [0.29, 0.717) is 0 Å². The maximum atomic E-state index is 9.71. The van der Waals surface area contributed by atoms with E-state index in [0.717, 1.165) is 0 Å². The number of aliphatic carboxylic acids is 4. The van der Waals surface area contributed by atoms with Crippen LogP contribution in [0.5, 0.6) is 0 Å². The first-order valence-corrected chi connectivity index (χ1v) is 4.40. The van der Waals surface area contributed by atoms with Gasteiger partial charge in [0.25, 0.3) is 0 Å². The summed E-state index contributed by atoms with van der Waals surface area (Å²) in [4.78, 5) is 38.7. The summed E-state index contributed by atoms with van der Waals surface area (Å²) in [5, 5.41) is 38.7. The van der Waals surface area contributed by atoms with Crippen molar-refractivity contribution in [2.45, 2.75) is 24.9 Å². The molecule has 12 heteroatoms. The zero-order valence-electron chi connectivity index (χ0n) is 10.4. The molecular weight excluding hydrogens is 332 g/mol. The Kier molecular flexibility index (Phi) is 22.4. The summed E-state index contributed by atoms with van der Waals surface area (Å²) < 4.78 is 0. The molecule has 0 amide bonds. The number of nitrogens with two attached hydrogens (primary N) is 2. The van der Waals surface area contributed by atoms with Gasteiger partial charge in [0.05, 0.1) is 11.9 Å². The van der Waals surface area contributed by atoms with Crippen molar-refractivity contribution in [2.75, 3.05) is 0 Å². The summed E-state index contributed by atoms with van der Waals surface area (Å²) in [6.07, 6.45) is -1.41. The van der Waals surface area contributed by atoms with E-state index in [2.05, 4.69) is 0 Å². The molecule has 20 heavy (non-hydrogen) atoms. The van der Waals surface area contributed by atoms with Gasteiger partial charge in [-0.3, -0.25) is 0 Å². The number of hydrogen-bond acceptors (Lipinski definition) is 10. The van der Waals surface area contributed by atoms with Crippen LogP contribution in [0.2, 0.25) is 0 Å². The minimum Gasteiger partial charge on any atom is -0.550 e. The van der Waals surface area contributed by atoms with Crippen LogP contribution in [-0.2, 0) is 19.2 Å². The normalized spacial score (nSPS) is 11.3. The van der Waals surface area contributed by atoms with Crippen molar-refractivity contribution in [3.8, 4) is 0 Å². The molecule has 0 spiro atoms. The molecule has 0 saturated carbocycles. The number of carboxylic acids is 4. The molecule has 10 nitrogen and oxygen atoms in total. The first-order chi connectivity index (χ1) is 8.07. The van der Waals surface area contributed by atoms with Crippen LogP contribution in [0.1, 0.15) is 12.8 Å². The molecule has 0 aromatic carbocycles. The second-order valence-electron chi connectivity index (χ2n) is 3.00. The van der Waals surface area contributed by atoms with E-state index in [1.165, 1.54) is 0 Å². The van der Waals surface area contributed by atoms with Gasteiger partial charge in [0.15, 0.2) is 0 Å². The SMILES string of the molecule is N[C@@H](CC(=O)[O-])C(=O)[O-].N[C@@H](CC(=O)[O-])C(=O)[O-].[Ca+2].[Ca+2]. The van der Waals surface area contributed by atoms with E-state index in [1.54, 1.807) is 0 Å². The fourth-order valence-electron chi connectivity index (χ4n) is 0.526. The molecule has 0 rings (SSSR count). The number of hydrogen-bond donors (Lipinski definition) is 2. The van der Waals surface area contributed by atoms with Crippen LogP contribution in [0.4, 0.5) is 0 Å². The van der Waals surface area contributed by atoms with Crippen molar-refractivity contribution in [1.29, 1.82) is 0 Å². The van der Waals surface area contributed by atoms with E-state index >= 15 is 0 Å². The van der Waals surface area contributed by atoms with Gasteiger partial charge in [0, 0.05) is 36.9 Å². The van der Waals surface area contributed by atoms with Crippen LogP contribution in [0.15, 0.2) is 0 Å². The molecule has 2 atom stereocenters. The first-order valence-electron chi connectivity index (χ1n) is 4.40. The van der Waals surface area contributed by atoms with Crippen LogP contribution in [0, 0.1) is 0 Å². The molecule has 0 aliphatic carbocycles. The van der Waals surface area contributed by atoms with Gasteiger partial charge in [-0.15, -0.1) is 0 Å². The molecule has 0 aromatic heterocycles. The summed E-state index contributed by atoms with van der Waals surface area (Å²) in [6, 6.07) is -2.93. The van der Waals surface area contributed by atoms with Crippen molar-refractivity contribution >= 4 is 99.4 Å². The Labute approximate surface area is 173 Å². The summed E-state index contributed by atoms with van der Waals surface area (Å²) in [5.41, 5.74) is 9.47. The van der Waals surface area contributed by atoms with Crippen molar-refractivity contribution in [2.24, 2.45) is 11.5 Å². The minimum atomic E-state index is -1.58. The van der Waals surface area contributed by atoms with E-state index in [9.17, 15) is 39.6 Å². The van der Waals surface area contributed by atoms with Crippen molar-refractivity contribution in [3.05, 3.63) is 0 Å². The summed E-state index contributed by atoms with van der Waals surface area (Å²) in [7, 11) is 0. The van der Waals surface area contributed by atoms with E-state index in [1.807, 2.05) is 0 Å². The average molecular weight is 342 g/mol. The number of carbonyl (C=O) groups excluding carboxylic acids is 4. The van der Waals surface area contributed by atoms with Crippen LogP contribution < -0.4 is 31.9 Å². The van der Waals surface area contributed by atoms with Gasteiger partial charge in [0.1, 0.15) is 0 Å². The Bertz CT molecular complexity index is 306. The largest absolute Gasteiger partial charge is 2.00 e. The quantitative estimate of drug-likeness (QED) is 0.435. The second-order valence-corrected chi connectivity index (χ2v) is 3.00. The van der Waals surface area contributed by atoms with Gasteiger partial charge in [-0.05, 0) is 0 Å². The zero-order chi connectivity index (χ0) is 14.9. The van der Waals surface area contributed by atoms with Gasteiger partial charge >= 0.3 is 75.5 Å². The Morgan fingerprint density at radius 2 is 0.900 bits per heavy atom. The Hall–Kier alpha value is 0.319. The first kappa shape index (κ1) is 28.5. The average Bonchev–Trinajstić information content (AvgIpc) is 2.16. The van der Waals surface area contributed by atoms with E-state index in [4.69, 9.17) is 11.5 Å². The fourth-order valence-corrected chi connectivity index (χ4v) is 0.526. The van der Waals surface area contributed by atoms with Crippen molar-refractivity contribution in [1.82, 2.24) is 0 Å². The third kappa shape index (κ3) is 20.6. The van der Waals surface area contributed by atoms with E-state index in [-0.39, 0.29) is 75.5 Å². The van der Waals surface area contributed by atoms with Crippen LogP contribution in [-0.4, -0.2) is 111 Å². The van der Waals surface area contributed by atoms with Crippen molar-refractivity contribution < 1.29 is 39.6 Å². The monoisotopic (exact) mass is 342 g/mol. The van der Waals surface area contributed by atoms with E-state index < -0.39 is 48.8 Å². The third-order valence-electron chi connectivity index (χ3n) is 1.38. The molecule has 0 aliphatic heterocycles. The predicted molar refractivity (Wildman–Crippen MR) is 56.7 cm³/mol. The Balaban J connectivity index is -0.000000116. The predicted octanol–water partition coefficient (Wildman–Crippen LogP) is -8.35. The molecule has 0 fully saturated rings. The molecule has 104 valence electrons. The van der Waals surface area contributed by atoms with Gasteiger partial charge in [-0.2, -0.15) is 0 Å². The zero-order valence-corrected chi connectivity index (χ0v) is 14.8. The molecule has 0 unspecified atom stereocenters. The molecule has 0 saturated heterocycles. The molecule has 0 heterocycles. The maximum absolute atomic E-state index is 9.71. The van der Waals surface area contributed by atoms with Gasteiger partial charge in [0.2, 0.25) is 0 Å². The molecule has 0 aromatic rings. The van der Waals surface area contributed by atoms with Gasteiger partial charge in [-0.1, -0.05) is 0 Å². The van der Waals surface area contributed by atoms with Gasteiger partial charge in [-0.25, -0.2) is 0 Å². The molecule has 4 N–H and O–H groups in total. The second kappa shape index (κ2) is 15.7. The maximum Gasteiger partial charge on any atom is 2.00 e. The fraction of sp³-hybridized carbons (Fsp3) is 0.500. The molecule has 0 radical (unpaired) electrons. The van der Waals surface area contributed by atoms with Gasteiger partial charge < -0.3 is 51.1 Å². The summed E-state index contributed by atoms with van der Waals surface area (Å²) >= 11 is 0. The number of rotatable bonds is 6. The Morgan fingerprint density at radius 1 is 0.700 bits per heavy atom. The number of carbonyl (C=O) groups is 4. The molecular formula is C8H10Ca2N2O8. The molecule has 0 aliphatic rings. The standard InChI is InChI=1S/2C4H7NO4.2Ca/c2*5-2(4(8)9)1-3(6)7;;/h2*2H,1,5H2,(H,6,7)(H,8,9);;/q;;2*+2/p-4/t2*2-;;/m00../s1. The number of carboxylic acid groups (broad SMARTS) is 4. The van der Waals surface area contributed by atoms with Crippen LogP contribution in [0.25, 0.3) is 0 Å². The molecule has 0 bridgehead atoms. The van der Waals surface area contributed by atoms with Crippen LogP contribution in [0.3, 0.4) is 0 Å². The van der Waals surface area contributed by atoms with Crippen LogP contribution >= 0.6 is 0 Å². The topological polar surface area (TPSA) is 213 Å².